The van der Waals surface area contributed by atoms with E-state index in [1.165, 1.54) is 17.8 Å². The lowest BCUT2D eigenvalue weighted by atomic mass is 10.1. The number of hydrogen-bond donors (Lipinski definition) is 1. The Morgan fingerprint density at radius 2 is 2.00 bits per heavy atom. The van der Waals surface area contributed by atoms with Gasteiger partial charge in [0.15, 0.2) is 18.2 Å². The zero-order valence-corrected chi connectivity index (χ0v) is 14.6. The molecular formula is C18H22N2O3S. The summed E-state index contributed by atoms with van der Waals surface area (Å²) in [5.41, 5.74) is 1.08. The number of rotatable bonds is 3. The monoisotopic (exact) mass is 346 g/mol. The van der Waals surface area contributed by atoms with Crippen LogP contribution < -0.4 is 15.0 Å². The van der Waals surface area contributed by atoms with E-state index in [0.717, 1.165) is 31.4 Å². The predicted octanol–water partition coefficient (Wildman–Crippen LogP) is 1.68. The van der Waals surface area contributed by atoms with Gasteiger partial charge in [0.2, 0.25) is 5.91 Å². The van der Waals surface area contributed by atoms with E-state index in [4.69, 9.17) is 0 Å². The fraction of sp³-hybridized carbons (Fsp3) is 0.389. The molecule has 1 saturated heterocycles. The molecule has 2 aromatic rings. The minimum atomic E-state index is -1.13. The van der Waals surface area contributed by atoms with Gasteiger partial charge in [0, 0.05) is 25.5 Å². The lowest BCUT2D eigenvalue weighted by molar-refractivity contribution is -0.709. The van der Waals surface area contributed by atoms with Crippen LogP contribution in [0.2, 0.25) is 0 Å². The molecule has 0 bridgehead atoms. The molecule has 1 unspecified atom stereocenters. The topological polar surface area (TPSA) is 73.1 Å². The smallest absolute Gasteiger partial charge is 0.285 e. The third-order valence-corrected chi connectivity index (χ3v) is 4.77. The quantitative estimate of drug-likeness (QED) is 0.860. The van der Waals surface area contributed by atoms with Gasteiger partial charge in [-0.25, -0.2) is 0 Å². The van der Waals surface area contributed by atoms with Crippen molar-refractivity contribution in [3.05, 3.63) is 52.5 Å². The number of aromatic carboxylic acids is 1. The van der Waals surface area contributed by atoms with Gasteiger partial charge in [0.1, 0.15) is 0 Å². The third-order valence-electron chi connectivity index (χ3n) is 3.91. The molecule has 1 amide bonds. The molecule has 1 fully saturated rings. The van der Waals surface area contributed by atoms with Crippen molar-refractivity contribution in [2.45, 2.75) is 38.6 Å². The molecule has 3 rings (SSSR count). The summed E-state index contributed by atoms with van der Waals surface area (Å²) in [5, 5.41) is 15.7. The number of carboxylic acids is 1. The highest BCUT2D eigenvalue weighted by molar-refractivity contribution is 7.11. The molecule has 24 heavy (non-hydrogen) atoms. The average molecular weight is 346 g/mol. The van der Waals surface area contributed by atoms with Crippen molar-refractivity contribution in [1.82, 2.24) is 5.32 Å². The van der Waals surface area contributed by atoms with Crippen LogP contribution >= 0.6 is 11.3 Å². The maximum Gasteiger partial charge on any atom is 0.285 e. The molecule has 1 aliphatic rings. The maximum absolute atomic E-state index is 10.9. The van der Waals surface area contributed by atoms with Crippen molar-refractivity contribution in [2.75, 3.05) is 6.54 Å². The molecule has 0 radical (unpaired) electrons. The zero-order valence-electron chi connectivity index (χ0n) is 13.7. The molecule has 1 aliphatic heterocycles. The van der Waals surface area contributed by atoms with Crippen LogP contribution in [0.4, 0.5) is 0 Å². The van der Waals surface area contributed by atoms with Crippen LogP contribution in [0.3, 0.4) is 0 Å². The van der Waals surface area contributed by atoms with Crippen molar-refractivity contribution >= 4 is 23.2 Å². The van der Waals surface area contributed by atoms with Crippen molar-refractivity contribution in [2.24, 2.45) is 0 Å². The van der Waals surface area contributed by atoms with E-state index in [9.17, 15) is 14.7 Å². The summed E-state index contributed by atoms with van der Waals surface area (Å²) in [6, 6.07) is 9.78. The second-order valence-electron chi connectivity index (χ2n) is 5.65. The van der Waals surface area contributed by atoms with E-state index in [1.54, 1.807) is 16.1 Å². The van der Waals surface area contributed by atoms with Crippen molar-refractivity contribution in [3.63, 3.8) is 0 Å². The number of benzene rings is 1. The van der Waals surface area contributed by atoms with Gasteiger partial charge in [-0.2, -0.15) is 4.57 Å². The Bertz CT molecular complexity index is 660. The Labute approximate surface area is 146 Å². The molecule has 0 spiro atoms. The summed E-state index contributed by atoms with van der Waals surface area (Å²) in [7, 11) is 0. The fourth-order valence-electron chi connectivity index (χ4n) is 2.54. The van der Waals surface area contributed by atoms with Gasteiger partial charge in [-0.15, -0.1) is 0 Å². The summed E-state index contributed by atoms with van der Waals surface area (Å²) >= 11 is 1.18. The number of nitrogens with one attached hydrogen (secondary N) is 1. The van der Waals surface area contributed by atoms with Gasteiger partial charge in [-0.1, -0.05) is 48.1 Å². The summed E-state index contributed by atoms with van der Waals surface area (Å²) in [6.07, 6.45) is 5.95. The average Bonchev–Trinajstić information content (AvgIpc) is 2.97. The second kappa shape index (κ2) is 9.17. The fourth-order valence-corrected chi connectivity index (χ4v) is 3.30. The first-order valence-corrected chi connectivity index (χ1v) is 8.99. The zero-order chi connectivity index (χ0) is 17.4. The Kier molecular flexibility index (Phi) is 6.93. The van der Waals surface area contributed by atoms with Crippen LogP contribution in [0, 0.1) is 0 Å². The number of carbonyl (C=O) groups is 2. The normalized spacial score (nSPS) is 15.5. The summed E-state index contributed by atoms with van der Waals surface area (Å²) in [6.45, 7) is 2.85. The number of amides is 1. The van der Waals surface area contributed by atoms with Gasteiger partial charge in [-0.3, -0.25) is 4.79 Å². The van der Waals surface area contributed by atoms with Gasteiger partial charge in [0.25, 0.3) is 5.01 Å². The number of thiazole rings is 1. The molecule has 6 heteroatoms. The highest BCUT2D eigenvalue weighted by atomic mass is 32.1. The number of carboxylic acid groups (broad SMARTS) is 1. The molecule has 128 valence electrons. The number of carbonyl (C=O) groups excluding carboxylic acids is 2. The van der Waals surface area contributed by atoms with E-state index in [2.05, 4.69) is 5.32 Å². The molecule has 5 nitrogen and oxygen atoms in total. The van der Waals surface area contributed by atoms with Gasteiger partial charge in [-0.05, 0) is 12.8 Å². The summed E-state index contributed by atoms with van der Waals surface area (Å²) in [5.74, 6) is -0.903. The molecule has 0 aliphatic carbocycles. The third kappa shape index (κ3) is 5.16. The molecule has 1 aromatic heterocycles. The van der Waals surface area contributed by atoms with Gasteiger partial charge in [0.05, 0.1) is 5.38 Å². The minimum absolute atomic E-state index is 0.000324. The standard InChI is InChI=1S/C12H11NO2S.C6H11NO/c1-9(10-5-3-2-4-6-10)13-7-8-16-11(13)12(14)15;8-6-4-2-1-3-5-7-6/h2-9H,1H3;1-5H2,(H,7,8). The molecule has 2 heterocycles. The molecular weight excluding hydrogens is 324 g/mol. The van der Waals surface area contributed by atoms with Crippen LogP contribution in [0.1, 0.15) is 54.0 Å². The van der Waals surface area contributed by atoms with E-state index >= 15 is 0 Å². The Hall–Kier alpha value is -2.21. The van der Waals surface area contributed by atoms with E-state index in [-0.39, 0.29) is 17.0 Å². The van der Waals surface area contributed by atoms with Crippen LogP contribution in [0.5, 0.6) is 0 Å². The van der Waals surface area contributed by atoms with Crippen molar-refractivity contribution in [1.29, 1.82) is 0 Å². The summed E-state index contributed by atoms with van der Waals surface area (Å²) < 4.78 is 1.72. The maximum atomic E-state index is 10.9. The highest BCUT2D eigenvalue weighted by Crippen LogP contribution is 2.14. The van der Waals surface area contributed by atoms with E-state index in [1.807, 2.05) is 37.3 Å². The first-order valence-electron chi connectivity index (χ1n) is 8.11. The number of nitrogens with zero attached hydrogens (tertiary/aromatic N) is 1. The lowest BCUT2D eigenvalue weighted by Crippen LogP contribution is -2.44. The lowest BCUT2D eigenvalue weighted by Gasteiger charge is -2.07. The number of hydrogen-bond acceptors (Lipinski definition) is 4. The molecule has 1 N–H and O–H groups in total. The Balaban J connectivity index is 0.000000219. The number of aromatic nitrogens is 1. The first-order chi connectivity index (χ1) is 11.6. The van der Waals surface area contributed by atoms with Crippen LogP contribution in [0.15, 0.2) is 41.9 Å². The van der Waals surface area contributed by atoms with Crippen LogP contribution in [0.25, 0.3) is 0 Å². The molecule has 0 saturated carbocycles. The van der Waals surface area contributed by atoms with E-state index in [0.29, 0.717) is 0 Å². The predicted molar refractivity (Wildman–Crippen MR) is 90.6 cm³/mol. The first kappa shape index (κ1) is 18.1. The highest BCUT2D eigenvalue weighted by Gasteiger charge is 2.21. The summed E-state index contributed by atoms with van der Waals surface area (Å²) in [4.78, 5) is 21.5. The Morgan fingerprint density at radius 1 is 1.25 bits per heavy atom. The van der Waals surface area contributed by atoms with Crippen LogP contribution in [-0.2, 0) is 4.79 Å². The van der Waals surface area contributed by atoms with Crippen LogP contribution in [-0.4, -0.2) is 18.4 Å². The van der Waals surface area contributed by atoms with Gasteiger partial charge >= 0.3 is 0 Å². The van der Waals surface area contributed by atoms with Crippen molar-refractivity contribution < 1.29 is 19.3 Å². The van der Waals surface area contributed by atoms with Crippen molar-refractivity contribution in [3.8, 4) is 0 Å². The van der Waals surface area contributed by atoms with Gasteiger partial charge < -0.3 is 15.2 Å². The molecule has 1 aromatic carbocycles. The Morgan fingerprint density at radius 3 is 2.71 bits per heavy atom. The SMILES string of the molecule is CC(c1ccccc1)[n+]1ccsc1C(=O)[O-].O=C1CCCCCN1. The van der Waals surface area contributed by atoms with E-state index < -0.39 is 5.97 Å². The second-order valence-corrected chi connectivity index (χ2v) is 6.54. The largest absolute Gasteiger partial charge is 0.539 e. The molecule has 1 atom stereocenters. The minimum Gasteiger partial charge on any atom is -0.539 e.